The van der Waals surface area contributed by atoms with Gasteiger partial charge in [-0.3, -0.25) is 0 Å². The average Bonchev–Trinajstić information content (AvgIpc) is 3.21. The van der Waals surface area contributed by atoms with Gasteiger partial charge in [-0.05, 0) is 48.6 Å². The Morgan fingerprint density at radius 1 is 1.20 bits per heavy atom. The number of aromatic nitrogens is 1. The molecule has 2 aromatic rings. The summed E-state index contributed by atoms with van der Waals surface area (Å²) in [5, 5.41) is 3.50. The molecule has 1 aliphatic carbocycles. The number of nitrogens with one attached hydrogen (secondary N) is 1. The number of hydrogen-bond acceptors (Lipinski definition) is 5. The molecule has 0 saturated heterocycles. The molecule has 20 heavy (non-hydrogen) atoms. The average molecular weight is 290 g/mol. The molecule has 3 rings (SSSR count). The Labute approximate surface area is 122 Å². The van der Waals surface area contributed by atoms with Crippen LogP contribution in [0.3, 0.4) is 0 Å². The van der Waals surface area contributed by atoms with Crippen molar-refractivity contribution < 1.29 is 9.47 Å². The minimum atomic E-state index is 0.724. The first kappa shape index (κ1) is 13.4. The molecule has 0 unspecified atom stereocenters. The molecule has 0 bridgehead atoms. The third-order valence-corrected chi connectivity index (χ3v) is 4.17. The second-order valence-corrected chi connectivity index (χ2v) is 5.79. The first-order valence-corrected chi connectivity index (χ1v) is 7.49. The Bertz CT molecular complexity index is 593. The van der Waals surface area contributed by atoms with E-state index >= 15 is 0 Å². The molecule has 0 atom stereocenters. The third kappa shape index (κ3) is 2.94. The number of rotatable bonds is 6. The number of benzene rings is 1. The van der Waals surface area contributed by atoms with Gasteiger partial charge in [-0.1, -0.05) is 0 Å². The monoisotopic (exact) mass is 290 g/mol. The molecular formula is C15H18N2O2S. The van der Waals surface area contributed by atoms with Crippen molar-refractivity contribution in [1.82, 2.24) is 9.69 Å². The van der Waals surface area contributed by atoms with Gasteiger partial charge in [0, 0.05) is 23.0 Å². The number of nitrogens with zero attached hydrogens (tertiary/aromatic N) is 1. The maximum absolute atomic E-state index is 5.33. The van der Waals surface area contributed by atoms with Crippen molar-refractivity contribution in [2.24, 2.45) is 0 Å². The Morgan fingerprint density at radius 2 is 2.00 bits per heavy atom. The van der Waals surface area contributed by atoms with E-state index < -0.39 is 0 Å². The molecule has 0 spiro atoms. The summed E-state index contributed by atoms with van der Waals surface area (Å²) in [5.41, 5.74) is 2.04. The summed E-state index contributed by atoms with van der Waals surface area (Å²) in [5.74, 6) is 1.47. The van der Waals surface area contributed by atoms with E-state index in [0.29, 0.717) is 0 Å². The number of hydrogen-bond donors (Lipinski definition) is 1. The highest BCUT2D eigenvalue weighted by Gasteiger charge is 2.20. The van der Waals surface area contributed by atoms with Crippen LogP contribution >= 0.6 is 11.5 Å². The maximum atomic E-state index is 5.33. The topological polar surface area (TPSA) is 43.4 Å². The first-order chi connectivity index (χ1) is 9.80. The van der Waals surface area contributed by atoms with E-state index in [1.54, 1.807) is 25.8 Å². The van der Waals surface area contributed by atoms with Gasteiger partial charge >= 0.3 is 0 Å². The number of methoxy groups -OCH3 is 2. The summed E-state index contributed by atoms with van der Waals surface area (Å²) < 4.78 is 15.1. The quantitative estimate of drug-likeness (QED) is 0.888. The van der Waals surface area contributed by atoms with E-state index in [1.807, 2.05) is 18.2 Å². The van der Waals surface area contributed by atoms with Crippen molar-refractivity contribution in [2.75, 3.05) is 14.2 Å². The van der Waals surface area contributed by atoms with Gasteiger partial charge in [0.15, 0.2) is 11.5 Å². The van der Waals surface area contributed by atoms with Gasteiger partial charge in [0.1, 0.15) is 0 Å². The van der Waals surface area contributed by atoms with Crippen LogP contribution in [0.1, 0.15) is 17.7 Å². The van der Waals surface area contributed by atoms with Gasteiger partial charge in [-0.15, -0.1) is 0 Å². The zero-order chi connectivity index (χ0) is 13.9. The number of ether oxygens (including phenoxy) is 2. The van der Waals surface area contributed by atoms with Gasteiger partial charge in [-0.25, -0.2) is 0 Å². The molecule has 1 aromatic heterocycles. The molecule has 1 aromatic carbocycles. The van der Waals surface area contributed by atoms with Crippen molar-refractivity contribution in [3.05, 3.63) is 29.1 Å². The second kappa shape index (κ2) is 5.81. The first-order valence-electron chi connectivity index (χ1n) is 6.71. The predicted octanol–water partition coefficient (Wildman–Crippen LogP) is 3.08. The molecule has 5 heteroatoms. The van der Waals surface area contributed by atoms with Crippen LogP contribution in [0, 0.1) is 0 Å². The standard InChI is InChI=1S/C15H18N2O2S/c1-18-14-6-3-10(7-15(14)19-2)13-8-12(20-17-13)9-16-11-4-5-11/h3,6-8,11,16H,4-5,9H2,1-2H3. The lowest BCUT2D eigenvalue weighted by atomic mass is 10.1. The summed E-state index contributed by atoms with van der Waals surface area (Å²) >= 11 is 1.55. The molecule has 1 heterocycles. The normalized spacial score (nSPS) is 14.3. The maximum Gasteiger partial charge on any atom is 0.161 e. The fraction of sp³-hybridized carbons (Fsp3) is 0.400. The summed E-state index contributed by atoms with van der Waals surface area (Å²) in [4.78, 5) is 1.27. The van der Waals surface area contributed by atoms with Crippen LogP contribution in [-0.2, 0) is 6.54 Å². The van der Waals surface area contributed by atoms with Crippen molar-refractivity contribution in [2.45, 2.75) is 25.4 Å². The lowest BCUT2D eigenvalue weighted by Gasteiger charge is -2.08. The predicted molar refractivity (Wildman–Crippen MR) is 80.5 cm³/mol. The largest absolute Gasteiger partial charge is 0.493 e. The SMILES string of the molecule is COc1ccc(-c2cc(CNC3CC3)sn2)cc1OC. The Hall–Kier alpha value is -1.59. The van der Waals surface area contributed by atoms with Crippen LogP contribution in [0.5, 0.6) is 11.5 Å². The fourth-order valence-corrected chi connectivity index (χ4v) is 2.75. The van der Waals surface area contributed by atoms with Gasteiger partial charge in [-0.2, -0.15) is 4.37 Å². The lowest BCUT2D eigenvalue weighted by Crippen LogP contribution is -2.14. The van der Waals surface area contributed by atoms with Crippen LogP contribution in [0.15, 0.2) is 24.3 Å². The van der Waals surface area contributed by atoms with Gasteiger partial charge in [0.05, 0.1) is 19.9 Å². The van der Waals surface area contributed by atoms with Crippen LogP contribution in [0.4, 0.5) is 0 Å². The van der Waals surface area contributed by atoms with Crippen LogP contribution < -0.4 is 14.8 Å². The molecule has 1 fully saturated rings. The molecule has 1 aliphatic rings. The van der Waals surface area contributed by atoms with Crippen molar-refractivity contribution in [3.8, 4) is 22.8 Å². The summed E-state index contributed by atoms with van der Waals surface area (Å²) in [6.45, 7) is 0.912. The molecular weight excluding hydrogens is 272 g/mol. The molecule has 4 nitrogen and oxygen atoms in total. The molecule has 0 aliphatic heterocycles. The lowest BCUT2D eigenvalue weighted by molar-refractivity contribution is 0.355. The highest BCUT2D eigenvalue weighted by atomic mass is 32.1. The van der Waals surface area contributed by atoms with E-state index in [9.17, 15) is 0 Å². The molecule has 106 valence electrons. The Kier molecular flexibility index (Phi) is 3.89. The Morgan fingerprint density at radius 3 is 2.70 bits per heavy atom. The van der Waals surface area contributed by atoms with Crippen molar-refractivity contribution in [1.29, 1.82) is 0 Å². The highest BCUT2D eigenvalue weighted by molar-refractivity contribution is 7.06. The van der Waals surface area contributed by atoms with E-state index in [0.717, 1.165) is 35.3 Å². The van der Waals surface area contributed by atoms with E-state index in [4.69, 9.17) is 9.47 Å². The van der Waals surface area contributed by atoms with Crippen molar-refractivity contribution in [3.63, 3.8) is 0 Å². The van der Waals surface area contributed by atoms with Gasteiger partial charge < -0.3 is 14.8 Å². The van der Waals surface area contributed by atoms with Crippen LogP contribution in [0.25, 0.3) is 11.3 Å². The van der Waals surface area contributed by atoms with E-state index in [-0.39, 0.29) is 0 Å². The molecule has 1 N–H and O–H groups in total. The molecule has 0 radical (unpaired) electrons. The van der Waals surface area contributed by atoms with Crippen molar-refractivity contribution >= 4 is 11.5 Å². The van der Waals surface area contributed by atoms with Crippen LogP contribution in [-0.4, -0.2) is 24.6 Å². The summed E-state index contributed by atoms with van der Waals surface area (Å²) in [6, 6.07) is 8.75. The minimum Gasteiger partial charge on any atom is -0.493 e. The van der Waals surface area contributed by atoms with E-state index in [1.165, 1.54) is 17.7 Å². The van der Waals surface area contributed by atoms with Crippen LogP contribution in [0.2, 0.25) is 0 Å². The Balaban J connectivity index is 1.77. The zero-order valence-corrected chi connectivity index (χ0v) is 12.5. The molecule has 1 saturated carbocycles. The summed E-state index contributed by atoms with van der Waals surface area (Å²) in [6.07, 6.45) is 2.61. The third-order valence-electron chi connectivity index (χ3n) is 3.38. The smallest absolute Gasteiger partial charge is 0.161 e. The zero-order valence-electron chi connectivity index (χ0n) is 11.7. The highest BCUT2D eigenvalue weighted by Crippen LogP contribution is 2.32. The summed E-state index contributed by atoms with van der Waals surface area (Å²) in [7, 11) is 3.29. The molecule has 0 amide bonds. The van der Waals surface area contributed by atoms with Gasteiger partial charge in [0.2, 0.25) is 0 Å². The second-order valence-electron chi connectivity index (χ2n) is 4.90. The van der Waals surface area contributed by atoms with Gasteiger partial charge in [0.25, 0.3) is 0 Å². The van der Waals surface area contributed by atoms with E-state index in [2.05, 4.69) is 15.8 Å². The minimum absolute atomic E-state index is 0.724. The fourth-order valence-electron chi connectivity index (χ4n) is 2.06.